The molecule has 3 N–H and O–H groups in total. The molecule has 4 nitrogen and oxygen atoms in total. The zero-order valence-corrected chi connectivity index (χ0v) is 13.0. The van der Waals surface area contributed by atoms with Crippen LogP contribution in [0.1, 0.15) is 5.56 Å². The molecule has 106 valence electrons. The molecule has 2 aromatic carbocycles. The van der Waals surface area contributed by atoms with Crippen LogP contribution in [-0.2, 0) is 0 Å². The molecule has 21 heavy (non-hydrogen) atoms. The largest absolute Gasteiger partial charge is 0.409 e. The lowest BCUT2D eigenvalue weighted by atomic mass is 10.2. The number of halogens is 1. The number of amidine groups is 1. The number of rotatable bonds is 3. The molecule has 7 heteroatoms. The van der Waals surface area contributed by atoms with E-state index in [0.717, 1.165) is 19.5 Å². The molecule has 0 bridgehead atoms. The van der Waals surface area contributed by atoms with E-state index in [4.69, 9.17) is 22.5 Å². The topological polar surface area (TPSA) is 71.5 Å². The molecule has 0 spiro atoms. The fourth-order valence-corrected chi connectivity index (χ4v) is 4.15. The molecule has 0 unspecified atom stereocenters. The highest BCUT2D eigenvalue weighted by atomic mass is 35.5. The number of nitrogens with two attached hydrogens (primary N) is 1. The lowest BCUT2D eigenvalue weighted by Gasteiger charge is -2.06. The number of hydrogen-bond donors (Lipinski definition) is 2. The van der Waals surface area contributed by atoms with Crippen molar-refractivity contribution in [3.63, 3.8) is 0 Å². The number of thiazole rings is 1. The van der Waals surface area contributed by atoms with Crippen molar-refractivity contribution < 1.29 is 5.21 Å². The van der Waals surface area contributed by atoms with E-state index in [-0.39, 0.29) is 5.84 Å². The summed E-state index contributed by atoms with van der Waals surface area (Å²) in [5.41, 5.74) is 7.26. The third-order valence-corrected chi connectivity index (χ3v) is 5.20. The zero-order valence-electron chi connectivity index (χ0n) is 10.7. The van der Waals surface area contributed by atoms with Crippen LogP contribution < -0.4 is 5.73 Å². The summed E-state index contributed by atoms with van der Waals surface area (Å²) >= 11 is 9.04. The predicted molar refractivity (Wildman–Crippen MR) is 87.7 cm³/mol. The maximum Gasteiger partial charge on any atom is 0.171 e. The summed E-state index contributed by atoms with van der Waals surface area (Å²) in [6, 6.07) is 13.2. The van der Waals surface area contributed by atoms with E-state index in [1.54, 1.807) is 23.5 Å². The summed E-state index contributed by atoms with van der Waals surface area (Å²) in [7, 11) is 0. The smallest absolute Gasteiger partial charge is 0.171 e. The van der Waals surface area contributed by atoms with Crippen molar-refractivity contribution in [3.8, 4) is 0 Å². The average molecular weight is 336 g/mol. The van der Waals surface area contributed by atoms with E-state index < -0.39 is 0 Å². The fraction of sp³-hybridized carbons (Fsp3) is 0. The Bertz CT molecular complexity index is 799. The van der Waals surface area contributed by atoms with Crippen LogP contribution in [0.25, 0.3) is 10.2 Å². The zero-order chi connectivity index (χ0) is 14.8. The summed E-state index contributed by atoms with van der Waals surface area (Å²) < 4.78 is 2.02. The van der Waals surface area contributed by atoms with Gasteiger partial charge in [0.05, 0.1) is 10.2 Å². The van der Waals surface area contributed by atoms with Crippen molar-refractivity contribution in [1.29, 1.82) is 0 Å². The molecule has 0 amide bonds. The highest BCUT2D eigenvalue weighted by Crippen LogP contribution is 2.36. The van der Waals surface area contributed by atoms with Crippen LogP contribution in [0.15, 0.2) is 56.9 Å². The van der Waals surface area contributed by atoms with Gasteiger partial charge < -0.3 is 10.9 Å². The highest BCUT2D eigenvalue weighted by Gasteiger charge is 2.12. The van der Waals surface area contributed by atoms with Gasteiger partial charge in [0.2, 0.25) is 0 Å². The minimum Gasteiger partial charge on any atom is -0.409 e. The van der Waals surface area contributed by atoms with Crippen LogP contribution in [0.5, 0.6) is 0 Å². The molecule has 0 fully saturated rings. The van der Waals surface area contributed by atoms with Gasteiger partial charge in [0.1, 0.15) is 0 Å². The van der Waals surface area contributed by atoms with E-state index in [9.17, 15) is 0 Å². The van der Waals surface area contributed by atoms with Gasteiger partial charge in [-0.2, -0.15) is 0 Å². The molecule has 0 atom stereocenters. The SMILES string of the molecule is NC(=NO)c1cc(Cl)ccc1Sc1nc2ccccc2s1. The molecule has 0 aliphatic rings. The number of hydrogen-bond acceptors (Lipinski definition) is 5. The van der Waals surface area contributed by atoms with E-state index >= 15 is 0 Å². The second kappa shape index (κ2) is 5.93. The van der Waals surface area contributed by atoms with Gasteiger partial charge in [0.15, 0.2) is 10.2 Å². The Morgan fingerprint density at radius 1 is 1.29 bits per heavy atom. The van der Waals surface area contributed by atoms with Gasteiger partial charge in [-0.15, -0.1) is 11.3 Å². The van der Waals surface area contributed by atoms with Gasteiger partial charge in [-0.1, -0.05) is 40.7 Å². The Kier molecular flexibility index (Phi) is 4.01. The van der Waals surface area contributed by atoms with Gasteiger partial charge in [0, 0.05) is 15.5 Å². The third-order valence-electron chi connectivity index (χ3n) is 2.80. The van der Waals surface area contributed by atoms with E-state index in [2.05, 4.69) is 10.1 Å². The van der Waals surface area contributed by atoms with Crippen molar-refractivity contribution in [2.24, 2.45) is 10.9 Å². The molecule has 0 saturated carbocycles. The Balaban J connectivity index is 2.01. The maximum atomic E-state index is 8.88. The molecule has 0 aliphatic carbocycles. The first kappa shape index (κ1) is 14.2. The third kappa shape index (κ3) is 2.97. The van der Waals surface area contributed by atoms with Crippen molar-refractivity contribution >= 4 is 50.8 Å². The standard InChI is InChI=1S/C14H10ClN3OS2/c15-8-5-6-11(9(7-8)13(16)18-19)20-14-17-10-3-1-2-4-12(10)21-14/h1-7,19H,(H2,16,18). The van der Waals surface area contributed by atoms with Gasteiger partial charge in [-0.3, -0.25) is 0 Å². The lowest BCUT2D eigenvalue weighted by Crippen LogP contribution is -2.14. The Morgan fingerprint density at radius 3 is 2.86 bits per heavy atom. The van der Waals surface area contributed by atoms with Crippen LogP contribution in [0.4, 0.5) is 0 Å². The van der Waals surface area contributed by atoms with E-state index in [1.165, 1.54) is 11.8 Å². The first-order valence-electron chi connectivity index (χ1n) is 5.98. The lowest BCUT2D eigenvalue weighted by molar-refractivity contribution is 0.318. The molecule has 0 radical (unpaired) electrons. The van der Waals surface area contributed by atoms with Crippen molar-refractivity contribution in [2.45, 2.75) is 9.24 Å². The minimum atomic E-state index is 0.0288. The summed E-state index contributed by atoms with van der Waals surface area (Å²) in [5.74, 6) is 0.0288. The molecule has 3 rings (SSSR count). The quantitative estimate of drug-likeness (QED) is 0.326. The van der Waals surface area contributed by atoms with Gasteiger partial charge in [-0.05, 0) is 30.3 Å². The first-order chi connectivity index (χ1) is 10.2. The van der Waals surface area contributed by atoms with Crippen molar-refractivity contribution in [2.75, 3.05) is 0 Å². The molecular weight excluding hydrogens is 326 g/mol. The monoisotopic (exact) mass is 335 g/mol. The van der Waals surface area contributed by atoms with Gasteiger partial charge in [0.25, 0.3) is 0 Å². The molecular formula is C14H10ClN3OS2. The first-order valence-corrected chi connectivity index (χ1v) is 7.99. The summed E-state index contributed by atoms with van der Waals surface area (Å²) in [6.07, 6.45) is 0. The molecule has 0 aliphatic heterocycles. The predicted octanol–water partition coefficient (Wildman–Crippen LogP) is 4.20. The number of para-hydroxylation sites is 1. The molecule has 3 aromatic rings. The van der Waals surface area contributed by atoms with Crippen LogP contribution in [0, 0.1) is 0 Å². The van der Waals surface area contributed by atoms with Crippen molar-refractivity contribution in [1.82, 2.24) is 4.98 Å². The summed E-state index contributed by atoms with van der Waals surface area (Å²) in [5, 5.41) is 12.5. The number of oxime groups is 1. The van der Waals surface area contributed by atoms with E-state index in [0.29, 0.717) is 10.6 Å². The number of benzene rings is 2. The highest BCUT2D eigenvalue weighted by molar-refractivity contribution is 8.01. The summed E-state index contributed by atoms with van der Waals surface area (Å²) in [4.78, 5) is 5.40. The van der Waals surface area contributed by atoms with Crippen LogP contribution in [0.2, 0.25) is 5.02 Å². The average Bonchev–Trinajstić information content (AvgIpc) is 2.90. The normalized spacial score (nSPS) is 12.0. The van der Waals surface area contributed by atoms with Crippen molar-refractivity contribution in [3.05, 3.63) is 53.1 Å². The number of aromatic nitrogens is 1. The minimum absolute atomic E-state index is 0.0288. The molecule has 1 aromatic heterocycles. The maximum absolute atomic E-state index is 8.88. The number of fused-ring (bicyclic) bond motifs is 1. The summed E-state index contributed by atoms with van der Waals surface area (Å²) in [6.45, 7) is 0. The fourth-order valence-electron chi connectivity index (χ4n) is 1.83. The van der Waals surface area contributed by atoms with Crippen LogP contribution in [0.3, 0.4) is 0 Å². The Morgan fingerprint density at radius 2 is 2.10 bits per heavy atom. The second-order valence-electron chi connectivity index (χ2n) is 4.18. The second-order valence-corrected chi connectivity index (χ2v) is 6.93. The number of nitrogens with zero attached hydrogens (tertiary/aromatic N) is 2. The van der Waals surface area contributed by atoms with Gasteiger partial charge >= 0.3 is 0 Å². The van der Waals surface area contributed by atoms with Crippen LogP contribution in [-0.4, -0.2) is 16.0 Å². The molecule has 0 saturated heterocycles. The van der Waals surface area contributed by atoms with E-state index in [1.807, 2.05) is 30.3 Å². The van der Waals surface area contributed by atoms with Gasteiger partial charge in [-0.25, -0.2) is 4.98 Å². The van der Waals surface area contributed by atoms with Crippen LogP contribution >= 0.6 is 34.7 Å². The molecule has 1 heterocycles. The Hall–Kier alpha value is -1.76. The Labute approximate surface area is 134 Å².